The van der Waals surface area contributed by atoms with Gasteiger partial charge in [0.15, 0.2) is 0 Å². The van der Waals surface area contributed by atoms with Gasteiger partial charge in [-0.3, -0.25) is 0 Å². The number of nitrogens with one attached hydrogen (secondary N) is 2. The maximum Gasteiger partial charge on any atom is 0.0531 e. The molecular weight excluding hydrogens is 320 g/mol. The van der Waals surface area contributed by atoms with Gasteiger partial charge in [0.05, 0.1) is 9.49 Å². The van der Waals surface area contributed by atoms with Crippen molar-refractivity contribution < 1.29 is 0 Å². The van der Waals surface area contributed by atoms with E-state index in [0.717, 1.165) is 75.8 Å². The van der Waals surface area contributed by atoms with Gasteiger partial charge in [-0.15, -0.1) is 9.81 Å². The lowest BCUT2D eigenvalue weighted by Gasteiger charge is -2.29. The molecule has 0 aliphatic carbocycles. The smallest absolute Gasteiger partial charge is 0.0531 e. The van der Waals surface area contributed by atoms with Gasteiger partial charge >= 0.3 is 0 Å². The van der Waals surface area contributed by atoms with Crippen molar-refractivity contribution in [3.05, 3.63) is 9.81 Å². The van der Waals surface area contributed by atoms with Crippen molar-refractivity contribution in [1.82, 2.24) is 10.6 Å². The molecule has 8 heteroatoms. The van der Waals surface area contributed by atoms with E-state index in [4.69, 9.17) is 0 Å². The first-order valence-electron chi connectivity index (χ1n) is 8.00. The summed E-state index contributed by atoms with van der Waals surface area (Å²) in [4.78, 5) is 21.1. The van der Waals surface area contributed by atoms with Crippen molar-refractivity contribution in [2.24, 2.45) is 9.16 Å². The van der Waals surface area contributed by atoms with Crippen LogP contribution >= 0.6 is 23.9 Å². The van der Waals surface area contributed by atoms with Crippen LogP contribution in [0.1, 0.15) is 53.4 Å². The van der Waals surface area contributed by atoms with Gasteiger partial charge in [-0.05, 0) is 25.7 Å². The van der Waals surface area contributed by atoms with Gasteiger partial charge in [0.25, 0.3) is 0 Å². The van der Waals surface area contributed by atoms with Crippen molar-refractivity contribution in [1.29, 1.82) is 0 Å². The van der Waals surface area contributed by atoms with Gasteiger partial charge in [0.1, 0.15) is 0 Å². The highest BCUT2D eigenvalue weighted by molar-refractivity contribution is 7.99. The summed E-state index contributed by atoms with van der Waals surface area (Å²) in [6.45, 7) is 11.5. The number of hydrogen-bond donors (Lipinski definition) is 2. The van der Waals surface area contributed by atoms with Crippen molar-refractivity contribution in [3.8, 4) is 0 Å². The molecule has 0 aromatic carbocycles. The molecule has 0 unspecified atom stereocenters. The third-order valence-corrected chi connectivity index (χ3v) is 6.78. The maximum absolute atomic E-state index is 10.5. The Bertz CT molecular complexity index is 281. The molecule has 0 aliphatic rings. The van der Waals surface area contributed by atoms with Gasteiger partial charge in [-0.2, -0.15) is 0 Å². The summed E-state index contributed by atoms with van der Waals surface area (Å²) in [7, 11) is 0. The molecule has 22 heavy (non-hydrogen) atoms. The normalized spacial score (nSPS) is 12.4. The lowest BCUT2D eigenvalue weighted by Crippen LogP contribution is -2.42. The minimum atomic E-state index is -0.102. The van der Waals surface area contributed by atoms with Gasteiger partial charge < -0.3 is 10.6 Å². The SMILES string of the molecule is CCC(CC)(CNCCNCC(CC)(CC)SN=O)SN=O. The molecule has 2 N–H and O–H groups in total. The van der Waals surface area contributed by atoms with E-state index in [-0.39, 0.29) is 9.49 Å². The highest BCUT2D eigenvalue weighted by Crippen LogP contribution is 2.33. The van der Waals surface area contributed by atoms with Crippen molar-refractivity contribution >= 4 is 23.9 Å². The number of nitrogens with zero attached hydrogens (tertiary/aromatic N) is 2. The Kier molecular flexibility index (Phi) is 12.2. The van der Waals surface area contributed by atoms with Gasteiger partial charge in [0.2, 0.25) is 0 Å². The van der Waals surface area contributed by atoms with Crippen LogP contribution < -0.4 is 10.6 Å². The lowest BCUT2D eigenvalue weighted by molar-refractivity contribution is 0.466. The van der Waals surface area contributed by atoms with E-state index in [1.807, 2.05) is 0 Å². The van der Waals surface area contributed by atoms with Gasteiger partial charge in [-0.1, -0.05) is 27.7 Å². The molecule has 0 aromatic rings. The Morgan fingerprint density at radius 3 is 1.27 bits per heavy atom. The van der Waals surface area contributed by atoms with Crippen LogP contribution in [-0.4, -0.2) is 35.7 Å². The number of rotatable bonds is 15. The summed E-state index contributed by atoms with van der Waals surface area (Å²) in [6.07, 6.45) is 3.65. The zero-order chi connectivity index (χ0) is 16.9. The minimum absolute atomic E-state index is 0.102. The highest BCUT2D eigenvalue weighted by atomic mass is 32.2. The Morgan fingerprint density at radius 2 is 1.05 bits per heavy atom. The van der Waals surface area contributed by atoms with E-state index in [1.165, 1.54) is 0 Å². The van der Waals surface area contributed by atoms with Crippen LogP contribution in [0.2, 0.25) is 0 Å². The fourth-order valence-corrected chi connectivity index (χ4v) is 3.46. The number of nitroso groups, excluding NO2 is 2. The Morgan fingerprint density at radius 1 is 0.727 bits per heavy atom. The molecule has 0 saturated carbocycles. The molecule has 0 bridgehead atoms. The second kappa shape index (κ2) is 12.3. The largest absolute Gasteiger partial charge is 0.314 e. The average Bonchev–Trinajstić information content (AvgIpc) is 2.56. The van der Waals surface area contributed by atoms with E-state index in [1.54, 1.807) is 0 Å². The van der Waals surface area contributed by atoms with E-state index < -0.39 is 0 Å². The van der Waals surface area contributed by atoms with E-state index in [0.29, 0.717) is 0 Å². The fourth-order valence-electron chi connectivity index (χ4n) is 2.29. The highest BCUT2D eigenvalue weighted by Gasteiger charge is 2.29. The molecule has 0 rings (SSSR count). The summed E-state index contributed by atoms with van der Waals surface area (Å²) >= 11 is 2.28. The van der Waals surface area contributed by atoms with Crippen LogP contribution in [0.4, 0.5) is 0 Å². The third kappa shape index (κ3) is 7.39. The Labute approximate surface area is 142 Å². The monoisotopic (exact) mass is 350 g/mol. The Hall–Kier alpha value is -0.180. The van der Waals surface area contributed by atoms with Gasteiger partial charge in [-0.25, -0.2) is 0 Å². The maximum atomic E-state index is 10.5. The van der Waals surface area contributed by atoms with Crippen molar-refractivity contribution in [3.63, 3.8) is 0 Å². The van der Waals surface area contributed by atoms with Gasteiger partial charge in [0, 0.05) is 59.2 Å². The van der Waals surface area contributed by atoms with E-state index in [9.17, 15) is 9.81 Å². The molecule has 0 atom stereocenters. The van der Waals surface area contributed by atoms with Crippen molar-refractivity contribution in [2.75, 3.05) is 26.2 Å². The first-order chi connectivity index (χ1) is 10.6. The van der Waals surface area contributed by atoms with Crippen LogP contribution in [-0.2, 0) is 0 Å². The molecule has 0 spiro atoms. The summed E-state index contributed by atoms with van der Waals surface area (Å²) in [6, 6.07) is 0. The summed E-state index contributed by atoms with van der Waals surface area (Å²) in [5.74, 6) is 0. The molecule has 130 valence electrons. The van der Waals surface area contributed by atoms with E-state index in [2.05, 4.69) is 47.5 Å². The van der Waals surface area contributed by atoms with Crippen LogP contribution in [0.5, 0.6) is 0 Å². The summed E-state index contributed by atoms with van der Waals surface area (Å²) in [5, 5.41) is 6.79. The molecule has 0 aromatic heterocycles. The molecule has 0 aliphatic heterocycles. The predicted molar refractivity (Wildman–Crippen MR) is 99.1 cm³/mol. The molecule has 0 amide bonds. The molecule has 0 fully saturated rings. The van der Waals surface area contributed by atoms with E-state index >= 15 is 0 Å². The third-order valence-electron chi connectivity index (χ3n) is 4.41. The Balaban J connectivity index is 4.06. The first-order valence-corrected chi connectivity index (χ1v) is 9.55. The quantitative estimate of drug-likeness (QED) is 0.263. The van der Waals surface area contributed by atoms with Crippen LogP contribution in [0.25, 0.3) is 0 Å². The van der Waals surface area contributed by atoms with Crippen molar-refractivity contribution in [2.45, 2.75) is 62.9 Å². The standard InChI is InChI=1S/C14H30N4O2S2/c1-5-13(6-2,21-17-19)11-15-9-10-16-12-14(7-3,8-4)22-18-20/h15-16H,5-12H2,1-4H3. The minimum Gasteiger partial charge on any atom is -0.314 e. The molecule has 6 nitrogen and oxygen atoms in total. The van der Waals surface area contributed by atoms with Crippen LogP contribution in [0.3, 0.4) is 0 Å². The van der Waals surface area contributed by atoms with Crippen LogP contribution in [0, 0.1) is 9.81 Å². The van der Waals surface area contributed by atoms with Crippen LogP contribution in [0.15, 0.2) is 9.16 Å². The second-order valence-electron chi connectivity index (χ2n) is 5.47. The predicted octanol–water partition coefficient (Wildman–Crippen LogP) is 4.11. The summed E-state index contributed by atoms with van der Waals surface area (Å²) < 4.78 is 5.81. The zero-order valence-electron chi connectivity index (χ0n) is 14.2. The second-order valence-corrected chi connectivity index (χ2v) is 7.86. The first kappa shape index (κ1) is 21.8. The molecule has 0 heterocycles. The zero-order valence-corrected chi connectivity index (χ0v) is 15.8. The molecule has 0 saturated heterocycles. The molecular formula is C14H30N4O2S2. The molecule has 0 radical (unpaired) electrons. The number of hydrogen-bond acceptors (Lipinski definition) is 8. The lowest BCUT2D eigenvalue weighted by atomic mass is 10.0. The topological polar surface area (TPSA) is 82.9 Å². The fraction of sp³-hybridized carbons (Fsp3) is 1.00. The average molecular weight is 351 g/mol. The summed E-state index contributed by atoms with van der Waals surface area (Å²) in [5.41, 5.74) is 0.